The third-order valence-corrected chi connectivity index (χ3v) is 2.68. The van der Waals surface area contributed by atoms with E-state index in [1.807, 2.05) is 0 Å². The van der Waals surface area contributed by atoms with E-state index in [1.54, 1.807) is 24.3 Å². The Bertz CT molecular complexity index is 416. The van der Waals surface area contributed by atoms with E-state index in [9.17, 15) is 10.2 Å². The molecule has 0 aliphatic heterocycles. The van der Waals surface area contributed by atoms with Gasteiger partial charge in [0.15, 0.2) is 0 Å². The van der Waals surface area contributed by atoms with Gasteiger partial charge in [-0.05, 0) is 29.6 Å². The van der Waals surface area contributed by atoms with Crippen molar-refractivity contribution in [3.8, 4) is 5.75 Å². The van der Waals surface area contributed by atoms with Crippen LogP contribution in [0.4, 0.5) is 0 Å². The number of unbranched alkanes of at least 4 members (excludes halogenated alkanes) is 1. The van der Waals surface area contributed by atoms with Gasteiger partial charge in [0.2, 0.25) is 0 Å². The molecule has 6 heteroatoms. The highest BCUT2D eigenvalue weighted by Gasteiger charge is 2.17. The van der Waals surface area contributed by atoms with Crippen molar-refractivity contribution in [2.75, 3.05) is 13.2 Å². The van der Waals surface area contributed by atoms with Crippen LogP contribution < -0.4 is 4.74 Å². The second-order valence-corrected chi connectivity index (χ2v) is 4.20. The van der Waals surface area contributed by atoms with Crippen LogP contribution in [0, 0.1) is 0 Å². The summed E-state index contributed by atoms with van der Waals surface area (Å²) in [6.45, 7) is 2.60. The van der Waals surface area contributed by atoms with Crippen LogP contribution in [-0.4, -0.2) is 29.5 Å². The summed E-state index contributed by atoms with van der Waals surface area (Å²) in [6.07, 6.45) is -0.115. The van der Waals surface area contributed by atoms with E-state index in [0.29, 0.717) is 12.2 Å². The lowest BCUT2D eigenvalue weighted by Crippen LogP contribution is -2.21. The predicted octanol–water partition coefficient (Wildman–Crippen LogP) is 2.57. The van der Waals surface area contributed by atoms with E-state index in [4.69, 9.17) is 10.3 Å². The number of ether oxygens (including phenoxy) is 1. The predicted molar refractivity (Wildman–Crippen MR) is 71.8 cm³/mol. The Morgan fingerprint density at radius 1 is 1.32 bits per heavy atom. The number of hydrogen-bond donors (Lipinski definition) is 2. The van der Waals surface area contributed by atoms with Gasteiger partial charge in [-0.3, -0.25) is 0 Å². The van der Waals surface area contributed by atoms with Gasteiger partial charge in [0.05, 0.1) is 19.3 Å². The number of hydrogen-bond acceptors (Lipinski definition) is 4. The Morgan fingerprint density at radius 3 is 2.58 bits per heavy atom. The molecule has 0 bridgehead atoms. The monoisotopic (exact) mass is 265 g/mol. The third-order valence-electron chi connectivity index (χ3n) is 2.68. The molecule has 19 heavy (non-hydrogen) atoms. The van der Waals surface area contributed by atoms with Crippen LogP contribution in [0.1, 0.15) is 31.4 Å². The molecule has 0 aliphatic carbocycles. The Balaban J connectivity index is 2.56. The van der Waals surface area contributed by atoms with Crippen molar-refractivity contribution in [2.45, 2.75) is 32.0 Å². The first-order valence-corrected chi connectivity index (χ1v) is 6.28. The van der Waals surface area contributed by atoms with Gasteiger partial charge in [0, 0.05) is 4.91 Å². The van der Waals surface area contributed by atoms with Crippen molar-refractivity contribution >= 4 is 0 Å². The molecule has 1 aromatic carbocycles. The molecule has 0 saturated carbocycles. The van der Waals surface area contributed by atoms with Gasteiger partial charge in [-0.15, -0.1) is 0 Å². The van der Waals surface area contributed by atoms with Crippen molar-refractivity contribution in [2.24, 2.45) is 5.11 Å². The lowest BCUT2D eigenvalue weighted by atomic mass is 10.0. The average Bonchev–Trinajstić information content (AvgIpc) is 2.45. The Hall–Kier alpha value is -1.75. The molecule has 0 aromatic heterocycles. The minimum absolute atomic E-state index is 0.160. The second kappa shape index (κ2) is 8.37. The van der Waals surface area contributed by atoms with E-state index in [-0.39, 0.29) is 6.54 Å². The summed E-state index contributed by atoms with van der Waals surface area (Å²) in [7, 11) is 0. The molecule has 2 unspecified atom stereocenters. The topological polar surface area (TPSA) is 98.5 Å². The van der Waals surface area contributed by atoms with Gasteiger partial charge >= 0.3 is 0 Å². The fourth-order valence-electron chi connectivity index (χ4n) is 1.54. The first-order chi connectivity index (χ1) is 9.19. The zero-order valence-electron chi connectivity index (χ0n) is 10.9. The van der Waals surface area contributed by atoms with E-state index in [0.717, 1.165) is 18.6 Å². The maximum atomic E-state index is 9.85. The number of nitrogens with zero attached hydrogens (tertiary/aromatic N) is 3. The first kappa shape index (κ1) is 15.3. The largest absolute Gasteiger partial charge is 0.494 e. The molecule has 0 radical (unpaired) electrons. The van der Waals surface area contributed by atoms with Gasteiger partial charge in [-0.25, -0.2) is 0 Å². The molecule has 0 heterocycles. The van der Waals surface area contributed by atoms with Gasteiger partial charge in [-0.1, -0.05) is 30.6 Å². The number of aliphatic hydroxyl groups excluding tert-OH is 2. The zero-order chi connectivity index (χ0) is 14.1. The number of rotatable bonds is 8. The molecule has 0 amide bonds. The van der Waals surface area contributed by atoms with Crippen LogP contribution in [-0.2, 0) is 0 Å². The first-order valence-electron chi connectivity index (χ1n) is 6.28. The maximum Gasteiger partial charge on any atom is 0.119 e. The van der Waals surface area contributed by atoms with Gasteiger partial charge in [0.25, 0.3) is 0 Å². The number of azide groups is 1. The van der Waals surface area contributed by atoms with Crippen LogP contribution in [0.25, 0.3) is 10.4 Å². The van der Waals surface area contributed by atoms with Gasteiger partial charge in [-0.2, -0.15) is 0 Å². The highest BCUT2D eigenvalue weighted by molar-refractivity contribution is 5.29. The van der Waals surface area contributed by atoms with Crippen LogP contribution in [0.2, 0.25) is 0 Å². The van der Waals surface area contributed by atoms with Crippen molar-refractivity contribution in [3.05, 3.63) is 40.3 Å². The highest BCUT2D eigenvalue weighted by Crippen LogP contribution is 2.20. The summed E-state index contributed by atoms with van der Waals surface area (Å²) < 4.78 is 5.50. The fourth-order valence-corrected chi connectivity index (χ4v) is 1.54. The van der Waals surface area contributed by atoms with Crippen LogP contribution >= 0.6 is 0 Å². The normalized spacial score (nSPS) is 13.4. The number of benzene rings is 1. The second-order valence-electron chi connectivity index (χ2n) is 4.20. The molecule has 104 valence electrons. The molecule has 1 rings (SSSR count). The lowest BCUT2D eigenvalue weighted by molar-refractivity contribution is 0.0244. The van der Waals surface area contributed by atoms with Gasteiger partial charge < -0.3 is 14.9 Å². The molecule has 2 N–H and O–H groups in total. The van der Waals surface area contributed by atoms with Crippen molar-refractivity contribution in [1.29, 1.82) is 0 Å². The fraction of sp³-hybridized carbons (Fsp3) is 0.538. The SMILES string of the molecule is CCCCOc1ccc(C(O)C(O)CN=[N+]=[N-])cc1. The molecule has 0 aliphatic rings. The summed E-state index contributed by atoms with van der Waals surface area (Å²) in [5.74, 6) is 0.730. The van der Waals surface area contributed by atoms with Crippen LogP contribution in [0.15, 0.2) is 29.4 Å². The number of aliphatic hydroxyl groups is 2. The Labute approximate surface area is 112 Å². The zero-order valence-corrected chi connectivity index (χ0v) is 10.9. The molecule has 2 atom stereocenters. The molecule has 0 spiro atoms. The summed E-state index contributed by atoms with van der Waals surface area (Å²) in [5.41, 5.74) is 8.71. The van der Waals surface area contributed by atoms with E-state index >= 15 is 0 Å². The smallest absolute Gasteiger partial charge is 0.119 e. The average molecular weight is 265 g/mol. The molecule has 0 fully saturated rings. The minimum atomic E-state index is -1.11. The molecule has 1 aromatic rings. The molecular weight excluding hydrogens is 246 g/mol. The van der Waals surface area contributed by atoms with E-state index in [2.05, 4.69) is 16.9 Å². The van der Waals surface area contributed by atoms with Crippen molar-refractivity contribution < 1.29 is 14.9 Å². The van der Waals surface area contributed by atoms with Crippen molar-refractivity contribution in [3.63, 3.8) is 0 Å². The quantitative estimate of drug-likeness (QED) is 0.327. The molecule has 0 saturated heterocycles. The summed E-state index contributed by atoms with van der Waals surface area (Å²) in [6, 6.07) is 6.86. The Kier molecular flexibility index (Phi) is 6.74. The van der Waals surface area contributed by atoms with Crippen LogP contribution in [0.3, 0.4) is 0 Å². The minimum Gasteiger partial charge on any atom is -0.494 e. The summed E-state index contributed by atoms with van der Waals surface area (Å²) in [4.78, 5) is 2.54. The molecule has 6 nitrogen and oxygen atoms in total. The van der Waals surface area contributed by atoms with E-state index < -0.39 is 12.2 Å². The van der Waals surface area contributed by atoms with Crippen molar-refractivity contribution in [1.82, 2.24) is 0 Å². The molecular formula is C13H19N3O3. The summed E-state index contributed by atoms with van der Waals surface area (Å²) in [5, 5.41) is 22.7. The maximum absolute atomic E-state index is 9.85. The third kappa shape index (κ3) is 5.18. The Morgan fingerprint density at radius 2 is 2.00 bits per heavy atom. The van der Waals surface area contributed by atoms with Gasteiger partial charge in [0.1, 0.15) is 11.9 Å². The standard InChI is InChI=1S/C13H19N3O3/c1-2-3-8-19-11-6-4-10(5-7-11)13(18)12(17)9-15-16-14/h4-7,12-13,17-18H,2-3,8-9H2,1H3. The summed E-state index contributed by atoms with van der Waals surface area (Å²) >= 11 is 0. The van der Waals surface area contributed by atoms with E-state index in [1.165, 1.54) is 0 Å². The van der Waals surface area contributed by atoms with Crippen LogP contribution in [0.5, 0.6) is 5.75 Å². The highest BCUT2D eigenvalue weighted by atomic mass is 16.5. The lowest BCUT2D eigenvalue weighted by Gasteiger charge is -2.16.